The van der Waals surface area contributed by atoms with Crippen LogP contribution >= 0.6 is 27.5 Å². The van der Waals surface area contributed by atoms with Crippen LogP contribution in [0, 0.1) is 0 Å². The molecule has 0 aromatic heterocycles. The fourth-order valence-electron chi connectivity index (χ4n) is 2.15. The van der Waals surface area contributed by atoms with Crippen LogP contribution in [-0.4, -0.2) is 25.7 Å². The van der Waals surface area contributed by atoms with Gasteiger partial charge in [0.05, 0.1) is 10.7 Å². The van der Waals surface area contributed by atoms with Crippen molar-refractivity contribution in [3.63, 3.8) is 0 Å². The summed E-state index contributed by atoms with van der Waals surface area (Å²) in [6.45, 7) is 5.31. The van der Waals surface area contributed by atoms with E-state index < -0.39 is 0 Å². The van der Waals surface area contributed by atoms with Gasteiger partial charge in [-0.15, -0.1) is 0 Å². The standard InChI is InChI=1S/C12H16BrClN2/c1-2-10-8-15-5-6-16(10)12-7-9(13)3-4-11(12)14/h3-4,7,10,15H,2,5-6,8H2,1H3. The second-order valence-corrected chi connectivity index (χ2v) is 5.38. The zero-order valence-electron chi connectivity index (χ0n) is 9.34. The molecule has 2 nitrogen and oxygen atoms in total. The lowest BCUT2D eigenvalue weighted by molar-refractivity contribution is 0.466. The molecule has 0 bridgehead atoms. The molecule has 1 heterocycles. The van der Waals surface area contributed by atoms with Crippen molar-refractivity contribution in [2.24, 2.45) is 0 Å². The van der Waals surface area contributed by atoms with Crippen LogP contribution < -0.4 is 10.2 Å². The van der Waals surface area contributed by atoms with Crippen molar-refractivity contribution in [1.82, 2.24) is 5.32 Å². The molecule has 1 unspecified atom stereocenters. The first-order valence-electron chi connectivity index (χ1n) is 5.64. The van der Waals surface area contributed by atoms with Gasteiger partial charge in [0.25, 0.3) is 0 Å². The van der Waals surface area contributed by atoms with Gasteiger partial charge in [-0.1, -0.05) is 34.5 Å². The lowest BCUT2D eigenvalue weighted by atomic mass is 10.1. The quantitative estimate of drug-likeness (QED) is 0.902. The fraction of sp³-hybridized carbons (Fsp3) is 0.500. The van der Waals surface area contributed by atoms with Crippen molar-refractivity contribution in [1.29, 1.82) is 0 Å². The molecule has 16 heavy (non-hydrogen) atoms. The maximum Gasteiger partial charge on any atom is 0.0640 e. The van der Waals surface area contributed by atoms with Crippen LogP contribution in [0.4, 0.5) is 5.69 Å². The zero-order chi connectivity index (χ0) is 11.5. The molecule has 0 saturated carbocycles. The fourth-order valence-corrected chi connectivity index (χ4v) is 2.72. The lowest BCUT2D eigenvalue weighted by Gasteiger charge is -2.38. The first-order chi connectivity index (χ1) is 7.72. The highest BCUT2D eigenvalue weighted by molar-refractivity contribution is 9.10. The second kappa shape index (κ2) is 5.39. The summed E-state index contributed by atoms with van der Waals surface area (Å²) in [7, 11) is 0. The summed E-state index contributed by atoms with van der Waals surface area (Å²) in [5.74, 6) is 0. The predicted molar refractivity (Wildman–Crippen MR) is 73.4 cm³/mol. The van der Waals surface area contributed by atoms with Crippen molar-refractivity contribution in [3.05, 3.63) is 27.7 Å². The average molecular weight is 304 g/mol. The van der Waals surface area contributed by atoms with Crippen molar-refractivity contribution in [3.8, 4) is 0 Å². The van der Waals surface area contributed by atoms with Crippen molar-refractivity contribution < 1.29 is 0 Å². The molecule has 0 spiro atoms. The van der Waals surface area contributed by atoms with E-state index in [0.29, 0.717) is 6.04 Å². The first-order valence-corrected chi connectivity index (χ1v) is 6.82. The summed E-state index contributed by atoms with van der Waals surface area (Å²) in [6.07, 6.45) is 1.13. The molecule has 1 aliphatic rings. The molecule has 0 radical (unpaired) electrons. The molecule has 88 valence electrons. The van der Waals surface area contributed by atoms with Crippen LogP contribution in [-0.2, 0) is 0 Å². The van der Waals surface area contributed by atoms with E-state index >= 15 is 0 Å². The molecule has 1 aromatic rings. The third-order valence-electron chi connectivity index (χ3n) is 3.04. The maximum atomic E-state index is 6.27. The van der Waals surface area contributed by atoms with E-state index in [9.17, 15) is 0 Å². The number of nitrogens with zero attached hydrogens (tertiary/aromatic N) is 1. The van der Waals surface area contributed by atoms with Crippen LogP contribution in [0.15, 0.2) is 22.7 Å². The number of benzene rings is 1. The normalized spacial score (nSPS) is 21.2. The van der Waals surface area contributed by atoms with Gasteiger partial charge in [-0.25, -0.2) is 0 Å². The van der Waals surface area contributed by atoms with Gasteiger partial charge in [-0.3, -0.25) is 0 Å². The van der Waals surface area contributed by atoms with Gasteiger partial charge < -0.3 is 10.2 Å². The Kier molecular flexibility index (Phi) is 4.11. The molecular formula is C12H16BrClN2. The Hall–Kier alpha value is -0.250. The summed E-state index contributed by atoms with van der Waals surface area (Å²) in [6, 6.07) is 6.58. The van der Waals surface area contributed by atoms with E-state index in [-0.39, 0.29) is 0 Å². The lowest BCUT2D eigenvalue weighted by Crippen LogP contribution is -2.51. The van der Waals surface area contributed by atoms with Gasteiger partial charge in [-0.05, 0) is 24.6 Å². The molecule has 1 N–H and O–H groups in total. The smallest absolute Gasteiger partial charge is 0.0640 e. The number of anilines is 1. The zero-order valence-corrected chi connectivity index (χ0v) is 11.7. The Morgan fingerprint density at radius 1 is 1.56 bits per heavy atom. The minimum Gasteiger partial charge on any atom is -0.365 e. The topological polar surface area (TPSA) is 15.3 Å². The Bertz CT molecular complexity index is 370. The van der Waals surface area contributed by atoms with Crippen LogP contribution in [0.1, 0.15) is 13.3 Å². The number of hydrogen-bond acceptors (Lipinski definition) is 2. The number of nitrogens with one attached hydrogen (secondary N) is 1. The third-order valence-corrected chi connectivity index (χ3v) is 3.85. The highest BCUT2D eigenvalue weighted by atomic mass is 79.9. The number of hydrogen-bond donors (Lipinski definition) is 1. The molecular weight excluding hydrogens is 288 g/mol. The van der Waals surface area contributed by atoms with Crippen LogP contribution in [0.25, 0.3) is 0 Å². The summed E-state index contributed by atoms with van der Waals surface area (Å²) >= 11 is 9.77. The summed E-state index contributed by atoms with van der Waals surface area (Å²) in [5, 5.41) is 4.26. The Labute approximate surface area is 110 Å². The van der Waals surface area contributed by atoms with Crippen LogP contribution in [0.3, 0.4) is 0 Å². The molecule has 1 atom stereocenters. The SMILES string of the molecule is CCC1CNCCN1c1cc(Br)ccc1Cl. The highest BCUT2D eigenvalue weighted by Crippen LogP contribution is 2.31. The van der Waals surface area contributed by atoms with E-state index in [4.69, 9.17) is 11.6 Å². The number of rotatable bonds is 2. The Balaban J connectivity index is 2.30. The summed E-state index contributed by atoms with van der Waals surface area (Å²) in [4.78, 5) is 2.41. The molecule has 1 aliphatic heterocycles. The molecule has 0 aliphatic carbocycles. The van der Waals surface area contributed by atoms with Crippen molar-refractivity contribution in [2.75, 3.05) is 24.5 Å². The number of halogens is 2. The van der Waals surface area contributed by atoms with E-state index in [2.05, 4.69) is 39.1 Å². The number of piperazine rings is 1. The average Bonchev–Trinajstić information content (AvgIpc) is 2.32. The van der Waals surface area contributed by atoms with Gasteiger partial charge in [0.2, 0.25) is 0 Å². The van der Waals surface area contributed by atoms with E-state index in [1.54, 1.807) is 0 Å². The minimum atomic E-state index is 0.542. The van der Waals surface area contributed by atoms with Gasteiger partial charge in [-0.2, -0.15) is 0 Å². The van der Waals surface area contributed by atoms with E-state index in [1.807, 2.05) is 12.1 Å². The first kappa shape index (κ1) is 12.2. The van der Waals surface area contributed by atoms with Gasteiger partial charge in [0.1, 0.15) is 0 Å². The molecule has 0 amide bonds. The van der Waals surface area contributed by atoms with Crippen molar-refractivity contribution in [2.45, 2.75) is 19.4 Å². The molecule has 1 fully saturated rings. The van der Waals surface area contributed by atoms with Gasteiger partial charge in [0, 0.05) is 30.1 Å². The van der Waals surface area contributed by atoms with Crippen LogP contribution in [0.2, 0.25) is 5.02 Å². The molecule has 1 saturated heterocycles. The highest BCUT2D eigenvalue weighted by Gasteiger charge is 2.22. The predicted octanol–water partition coefficient (Wildman–Crippen LogP) is 3.29. The second-order valence-electron chi connectivity index (χ2n) is 4.06. The minimum absolute atomic E-state index is 0.542. The maximum absolute atomic E-state index is 6.27. The summed E-state index contributed by atoms with van der Waals surface area (Å²) < 4.78 is 1.08. The molecule has 4 heteroatoms. The third kappa shape index (κ3) is 2.53. The van der Waals surface area contributed by atoms with Crippen LogP contribution in [0.5, 0.6) is 0 Å². The molecule has 1 aromatic carbocycles. The van der Waals surface area contributed by atoms with E-state index in [1.165, 1.54) is 0 Å². The van der Waals surface area contributed by atoms with E-state index in [0.717, 1.165) is 41.2 Å². The largest absolute Gasteiger partial charge is 0.365 e. The van der Waals surface area contributed by atoms with Gasteiger partial charge >= 0.3 is 0 Å². The monoisotopic (exact) mass is 302 g/mol. The Morgan fingerprint density at radius 2 is 2.38 bits per heavy atom. The Morgan fingerprint density at radius 3 is 3.12 bits per heavy atom. The van der Waals surface area contributed by atoms with Crippen molar-refractivity contribution >= 4 is 33.2 Å². The summed E-state index contributed by atoms with van der Waals surface area (Å²) in [5.41, 5.74) is 1.14. The molecule has 2 rings (SSSR count). The van der Waals surface area contributed by atoms with Gasteiger partial charge in [0.15, 0.2) is 0 Å².